The van der Waals surface area contributed by atoms with E-state index in [1.54, 1.807) is 0 Å². The van der Waals surface area contributed by atoms with E-state index < -0.39 is 26.2 Å². The summed E-state index contributed by atoms with van der Waals surface area (Å²) in [6, 6.07) is 1.96. The molecule has 0 aliphatic rings. The molecule has 0 saturated carbocycles. The van der Waals surface area contributed by atoms with Gasteiger partial charge in [0.2, 0.25) is 0 Å². The van der Waals surface area contributed by atoms with E-state index in [-0.39, 0.29) is 0 Å². The molecule has 0 aliphatic carbocycles. The molecule has 1 unspecified atom stereocenters. The largest absolute Gasteiger partial charge is 0.500 e. The molecule has 0 aromatic rings. The van der Waals surface area contributed by atoms with Gasteiger partial charge in [0.15, 0.2) is 17.4 Å². The van der Waals surface area contributed by atoms with E-state index in [9.17, 15) is 0 Å². The van der Waals surface area contributed by atoms with Gasteiger partial charge in [-0.15, -0.1) is 0 Å². The molecule has 0 heterocycles. The third-order valence-corrected chi connectivity index (χ3v) is 11.7. The molecule has 0 fully saturated rings. The van der Waals surface area contributed by atoms with Crippen LogP contribution in [0.1, 0.15) is 20.8 Å². The summed E-state index contributed by atoms with van der Waals surface area (Å²) in [5, 5.41) is 0. The molecular formula is C12H32O4Si3. The number of hydrogen-bond acceptors (Lipinski definition) is 4. The van der Waals surface area contributed by atoms with Crippen molar-refractivity contribution in [2.75, 3.05) is 19.8 Å². The Balaban J connectivity index is 4.45. The minimum atomic E-state index is -2.46. The normalized spacial score (nSPS) is 14.7. The molecule has 7 heteroatoms. The Hall–Kier alpha value is 0.491. The number of hydrogen-bond donors (Lipinski definition) is 0. The van der Waals surface area contributed by atoms with Gasteiger partial charge in [0, 0.05) is 25.9 Å². The van der Waals surface area contributed by atoms with Crippen LogP contribution in [0.15, 0.2) is 0 Å². The van der Waals surface area contributed by atoms with Crippen molar-refractivity contribution in [1.82, 2.24) is 0 Å². The highest BCUT2D eigenvalue weighted by atomic mass is 28.4. The van der Waals surface area contributed by atoms with Crippen molar-refractivity contribution in [3.8, 4) is 0 Å². The van der Waals surface area contributed by atoms with Crippen LogP contribution in [0.25, 0.3) is 0 Å². The molecule has 19 heavy (non-hydrogen) atoms. The van der Waals surface area contributed by atoms with Crippen LogP contribution in [0.4, 0.5) is 0 Å². The average Bonchev–Trinajstić information content (AvgIpc) is 2.25. The van der Waals surface area contributed by atoms with Crippen LogP contribution in [-0.4, -0.2) is 46.0 Å². The van der Waals surface area contributed by atoms with Crippen LogP contribution in [0, 0.1) is 0 Å². The molecule has 0 aromatic carbocycles. The van der Waals surface area contributed by atoms with Crippen molar-refractivity contribution in [1.29, 1.82) is 0 Å². The Kier molecular flexibility index (Phi) is 9.67. The summed E-state index contributed by atoms with van der Waals surface area (Å²) in [5.41, 5.74) is 0. The quantitative estimate of drug-likeness (QED) is 0.547. The van der Waals surface area contributed by atoms with Crippen LogP contribution < -0.4 is 0 Å². The van der Waals surface area contributed by atoms with Crippen molar-refractivity contribution in [3.05, 3.63) is 0 Å². The first-order chi connectivity index (χ1) is 8.78. The second kappa shape index (κ2) is 9.43. The van der Waals surface area contributed by atoms with Gasteiger partial charge in [-0.3, -0.25) is 0 Å². The standard InChI is InChI=1S/C12H32O4Si3/c1-8-13-19(14-9-2,15-10-3)12-11-17(4)16-18(5,6)7/h17H,8-12H2,1-7H3. The third kappa shape index (κ3) is 9.11. The topological polar surface area (TPSA) is 36.9 Å². The zero-order chi connectivity index (χ0) is 14.9. The van der Waals surface area contributed by atoms with Gasteiger partial charge in [-0.1, -0.05) is 0 Å². The highest BCUT2D eigenvalue weighted by molar-refractivity contribution is 6.77. The van der Waals surface area contributed by atoms with E-state index in [2.05, 4.69) is 26.2 Å². The monoisotopic (exact) mass is 324 g/mol. The molecule has 116 valence electrons. The van der Waals surface area contributed by atoms with Gasteiger partial charge >= 0.3 is 8.80 Å². The van der Waals surface area contributed by atoms with Crippen molar-refractivity contribution in [2.45, 2.75) is 59.0 Å². The first-order valence-corrected chi connectivity index (χ1v) is 15.2. The molecule has 0 aromatic heterocycles. The molecule has 0 radical (unpaired) electrons. The highest BCUT2D eigenvalue weighted by Crippen LogP contribution is 2.21. The maximum Gasteiger partial charge on any atom is 0.500 e. The van der Waals surface area contributed by atoms with Gasteiger partial charge in [-0.05, 0) is 53.0 Å². The first kappa shape index (κ1) is 19.5. The smallest absolute Gasteiger partial charge is 0.458 e. The summed E-state index contributed by atoms with van der Waals surface area (Å²) < 4.78 is 23.8. The summed E-state index contributed by atoms with van der Waals surface area (Å²) in [6.07, 6.45) is 0. The summed E-state index contributed by atoms with van der Waals surface area (Å²) >= 11 is 0. The van der Waals surface area contributed by atoms with E-state index in [1.807, 2.05) is 20.8 Å². The Labute approximate surface area is 123 Å². The second-order valence-electron chi connectivity index (χ2n) is 5.56. The molecule has 0 rings (SSSR count). The lowest BCUT2D eigenvalue weighted by Crippen LogP contribution is -2.47. The number of rotatable bonds is 11. The highest BCUT2D eigenvalue weighted by Gasteiger charge is 2.40. The fraction of sp³-hybridized carbons (Fsp3) is 1.00. The molecule has 0 spiro atoms. The molecule has 4 nitrogen and oxygen atoms in total. The van der Waals surface area contributed by atoms with Gasteiger partial charge in [0.25, 0.3) is 0 Å². The molecule has 0 N–H and O–H groups in total. The van der Waals surface area contributed by atoms with Crippen LogP contribution in [-0.2, 0) is 17.4 Å². The molecular weight excluding hydrogens is 292 g/mol. The van der Waals surface area contributed by atoms with Gasteiger partial charge in [0.1, 0.15) is 0 Å². The van der Waals surface area contributed by atoms with E-state index in [0.717, 1.165) is 12.1 Å². The summed E-state index contributed by atoms with van der Waals surface area (Å²) in [4.78, 5) is 0. The Morgan fingerprint density at radius 2 is 1.26 bits per heavy atom. The zero-order valence-electron chi connectivity index (χ0n) is 13.7. The zero-order valence-corrected chi connectivity index (χ0v) is 16.9. The van der Waals surface area contributed by atoms with E-state index in [0.29, 0.717) is 19.8 Å². The Bertz CT molecular complexity index is 216. The van der Waals surface area contributed by atoms with Crippen molar-refractivity contribution < 1.29 is 17.4 Å². The SMILES string of the molecule is CCO[Si](CC[SiH](C)O[Si](C)(C)C)(OCC)OCC. The molecule has 0 saturated heterocycles. The maximum absolute atomic E-state index is 6.20. The molecule has 0 aliphatic heterocycles. The van der Waals surface area contributed by atoms with E-state index in [1.165, 1.54) is 0 Å². The van der Waals surface area contributed by atoms with Crippen LogP contribution in [0.2, 0.25) is 38.3 Å². The Morgan fingerprint density at radius 3 is 1.58 bits per heavy atom. The van der Waals surface area contributed by atoms with Crippen molar-refractivity contribution >= 4 is 26.2 Å². The fourth-order valence-electron chi connectivity index (χ4n) is 2.04. The lowest BCUT2D eigenvalue weighted by atomic mass is 10.9. The lowest BCUT2D eigenvalue weighted by molar-refractivity contribution is 0.0724. The minimum Gasteiger partial charge on any atom is -0.458 e. The van der Waals surface area contributed by atoms with Crippen LogP contribution >= 0.6 is 0 Å². The van der Waals surface area contributed by atoms with Crippen LogP contribution in [0.3, 0.4) is 0 Å². The maximum atomic E-state index is 6.20. The van der Waals surface area contributed by atoms with Gasteiger partial charge in [0.05, 0.1) is 0 Å². The fourth-order valence-corrected chi connectivity index (χ4v) is 12.4. The van der Waals surface area contributed by atoms with Crippen molar-refractivity contribution in [3.63, 3.8) is 0 Å². The van der Waals surface area contributed by atoms with Crippen molar-refractivity contribution in [2.24, 2.45) is 0 Å². The van der Waals surface area contributed by atoms with Crippen LogP contribution in [0.5, 0.6) is 0 Å². The predicted octanol–water partition coefficient (Wildman–Crippen LogP) is 3.24. The average molecular weight is 325 g/mol. The lowest BCUT2D eigenvalue weighted by Gasteiger charge is -2.30. The minimum absolute atomic E-state index is 0.650. The van der Waals surface area contributed by atoms with E-state index in [4.69, 9.17) is 17.4 Å². The third-order valence-electron chi connectivity index (χ3n) is 2.50. The Morgan fingerprint density at radius 1 is 0.842 bits per heavy atom. The molecule has 0 bridgehead atoms. The van der Waals surface area contributed by atoms with Gasteiger partial charge in [-0.2, -0.15) is 0 Å². The van der Waals surface area contributed by atoms with E-state index >= 15 is 0 Å². The van der Waals surface area contributed by atoms with Gasteiger partial charge < -0.3 is 17.4 Å². The summed E-state index contributed by atoms with van der Waals surface area (Å²) in [7, 11) is -5.03. The summed E-state index contributed by atoms with van der Waals surface area (Å²) in [6.45, 7) is 16.9. The molecule has 0 amide bonds. The summed E-state index contributed by atoms with van der Waals surface area (Å²) in [5.74, 6) is 0. The first-order valence-electron chi connectivity index (χ1n) is 7.38. The molecule has 1 atom stereocenters. The second-order valence-corrected chi connectivity index (χ2v) is 15.7. The van der Waals surface area contributed by atoms with Gasteiger partial charge in [-0.25, -0.2) is 0 Å². The predicted molar refractivity (Wildman–Crippen MR) is 87.7 cm³/mol.